The zero-order valence-electron chi connectivity index (χ0n) is 10.2. The van der Waals surface area contributed by atoms with Crippen LogP contribution in [-0.2, 0) is 0 Å². The van der Waals surface area contributed by atoms with Gasteiger partial charge in [0.1, 0.15) is 5.82 Å². The molecule has 0 heterocycles. The SMILES string of the molecule is Cc1ccc(F)c(Nc2ccc([N+](=O)[O-])cc2N)c1. The molecule has 0 saturated heterocycles. The molecule has 98 valence electrons. The molecule has 0 spiro atoms. The number of nitro groups is 1. The Morgan fingerprint density at radius 3 is 2.58 bits per heavy atom. The van der Waals surface area contributed by atoms with E-state index in [-0.39, 0.29) is 17.1 Å². The maximum absolute atomic E-state index is 13.6. The lowest BCUT2D eigenvalue weighted by Crippen LogP contribution is -1.99. The summed E-state index contributed by atoms with van der Waals surface area (Å²) in [6.07, 6.45) is 0. The molecule has 0 unspecified atom stereocenters. The van der Waals surface area contributed by atoms with Gasteiger partial charge >= 0.3 is 0 Å². The Balaban J connectivity index is 2.33. The van der Waals surface area contributed by atoms with Crippen LogP contribution >= 0.6 is 0 Å². The van der Waals surface area contributed by atoms with Crippen LogP contribution in [0.4, 0.5) is 27.1 Å². The first-order valence-corrected chi connectivity index (χ1v) is 5.54. The molecule has 0 aromatic heterocycles. The third kappa shape index (κ3) is 2.79. The lowest BCUT2D eigenvalue weighted by Gasteiger charge is -2.10. The number of nitrogens with zero attached hydrogens (tertiary/aromatic N) is 1. The molecule has 0 radical (unpaired) electrons. The minimum Gasteiger partial charge on any atom is -0.397 e. The van der Waals surface area contributed by atoms with Crippen molar-refractivity contribution >= 4 is 22.7 Å². The Hall–Kier alpha value is -2.63. The van der Waals surface area contributed by atoms with Crippen LogP contribution in [0.25, 0.3) is 0 Å². The molecular weight excluding hydrogens is 249 g/mol. The van der Waals surface area contributed by atoms with Gasteiger partial charge in [0.15, 0.2) is 0 Å². The van der Waals surface area contributed by atoms with Crippen LogP contribution in [0, 0.1) is 22.9 Å². The highest BCUT2D eigenvalue weighted by Crippen LogP contribution is 2.28. The molecule has 5 nitrogen and oxygen atoms in total. The van der Waals surface area contributed by atoms with Gasteiger partial charge in [0.05, 0.1) is 22.0 Å². The average molecular weight is 261 g/mol. The van der Waals surface area contributed by atoms with Gasteiger partial charge in [-0.05, 0) is 30.7 Å². The lowest BCUT2D eigenvalue weighted by atomic mass is 10.2. The highest BCUT2D eigenvalue weighted by Gasteiger charge is 2.10. The summed E-state index contributed by atoms with van der Waals surface area (Å²) in [5.74, 6) is -0.414. The molecular formula is C13H12FN3O2. The largest absolute Gasteiger partial charge is 0.397 e. The van der Waals surface area contributed by atoms with Gasteiger partial charge in [0, 0.05) is 12.1 Å². The number of hydrogen-bond acceptors (Lipinski definition) is 4. The van der Waals surface area contributed by atoms with Crippen LogP contribution in [0.15, 0.2) is 36.4 Å². The maximum atomic E-state index is 13.6. The molecule has 2 rings (SSSR count). The van der Waals surface area contributed by atoms with Crippen LogP contribution in [-0.4, -0.2) is 4.92 Å². The lowest BCUT2D eigenvalue weighted by molar-refractivity contribution is -0.384. The minimum absolute atomic E-state index is 0.104. The molecule has 6 heteroatoms. The first kappa shape index (κ1) is 12.8. The van der Waals surface area contributed by atoms with Gasteiger partial charge < -0.3 is 11.1 Å². The number of non-ortho nitro benzene ring substituents is 1. The van der Waals surface area contributed by atoms with Gasteiger partial charge in [-0.15, -0.1) is 0 Å². The molecule has 2 aromatic rings. The number of aryl methyl sites for hydroxylation is 1. The summed E-state index contributed by atoms with van der Waals surface area (Å²) in [5, 5.41) is 13.4. The van der Waals surface area contributed by atoms with E-state index in [9.17, 15) is 14.5 Å². The van der Waals surface area contributed by atoms with Crippen LogP contribution in [0.3, 0.4) is 0 Å². The number of rotatable bonds is 3. The molecule has 0 aliphatic carbocycles. The Morgan fingerprint density at radius 1 is 1.21 bits per heavy atom. The Labute approximate surface area is 109 Å². The van der Waals surface area contributed by atoms with Crippen molar-refractivity contribution in [2.45, 2.75) is 6.92 Å². The molecule has 0 saturated carbocycles. The molecule has 0 atom stereocenters. The highest BCUT2D eigenvalue weighted by atomic mass is 19.1. The normalized spacial score (nSPS) is 10.2. The van der Waals surface area contributed by atoms with E-state index in [0.29, 0.717) is 5.69 Å². The summed E-state index contributed by atoms with van der Waals surface area (Å²) in [5.41, 5.74) is 7.39. The topological polar surface area (TPSA) is 81.2 Å². The standard InChI is InChI=1S/C13H12FN3O2/c1-8-2-4-10(14)13(6-8)16-12-5-3-9(17(18)19)7-11(12)15/h2-7,16H,15H2,1H3. The van der Waals surface area contributed by atoms with Crippen LogP contribution in [0.2, 0.25) is 0 Å². The van der Waals surface area contributed by atoms with E-state index in [1.165, 1.54) is 24.3 Å². The van der Waals surface area contributed by atoms with Crippen LogP contribution in [0.1, 0.15) is 5.56 Å². The fraction of sp³-hybridized carbons (Fsp3) is 0.0769. The predicted molar refractivity (Wildman–Crippen MR) is 71.9 cm³/mol. The highest BCUT2D eigenvalue weighted by molar-refractivity contribution is 5.75. The summed E-state index contributed by atoms with van der Waals surface area (Å²) in [6, 6.07) is 8.63. The first-order valence-electron chi connectivity index (χ1n) is 5.54. The smallest absolute Gasteiger partial charge is 0.271 e. The van der Waals surface area contributed by atoms with E-state index in [1.807, 2.05) is 6.92 Å². The zero-order valence-corrected chi connectivity index (χ0v) is 10.2. The quantitative estimate of drug-likeness (QED) is 0.504. The third-order valence-corrected chi connectivity index (χ3v) is 2.64. The van der Waals surface area contributed by atoms with Crippen molar-refractivity contribution < 1.29 is 9.31 Å². The van der Waals surface area contributed by atoms with E-state index >= 15 is 0 Å². The van der Waals surface area contributed by atoms with Gasteiger partial charge in [-0.1, -0.05) is 6.07 Å². The van der Waals surface area contributed by atoms with Crippen molar-refractivity contribution in [3.63, 3.8) is 0 Å². The van der Waals surface area contributed by atoms with Crippen molar-refractivity contribution in [1.29, 1.82) is 0 Å². The van der Waals surface area contributed by atoms with Gasteiger partial charge in [-0.25, -0.2) is 4.39 Å². The maximum Gasteiger partial charge on any atom is 0.271 e. The molecule has 19 heavy (non-hydrogen) atoms. The number of nitrogens with two attached hydrogens (primary N) is 1. The van der Waals surface area contributed by atoms with E-state index in [2.05, 4.69) is 5.32 Å². The van der Waals surface area contributed by atoms with Crippen LogP contribution in [0.5, 0.6) is 0 Å². The monoisotopic (exact) mass is 261 g/mol. The van der Waals surface area contributed by atoms with Crippen molar-refractivity contribution in [3.05, 3.63) is 57.9 Å². The summed E-state index contributed by atoms with van der Waals surface area (Å²) < 4.78 is 13.6. The van der Waals surface area contributed by atoms with E-state index in [1.54, 1.807) is 12.1 Å². The second-order valence-corrected chi connectivity index (χ2v) is 4.14. The Bertz CT molecular complexity index is 644. The number of nitrogens with one attached hydrogen (secondary N) is 1. The molecule has 2 aromatic carbocycles. The Kier molecular flexibility index (Phi) is 3.33. The summed E-state index contributed by atoms with van der Waals surface area (Å²) in [7, 11) is 0. The fourth-order valence-electron chi connectivity index (χ4n) is 1.66. The van der Waals surface area contributed by atoms with E-state index in [4.69, 9.17) is 5.73 Å². The number of nitrogen functional groups attached to an aromatic ring is 1. The second kappa shape index (κ2) is 4.93. The van der Waals surface area contributed by atoms with Crippen molar-refractivity contribution in [3.8, 4) is 0 Å². The molecule has 0 fully saturated rings. The summed E-state index contributed by atoms with van der Waals surface area (Å²) >= 11 is 0. The number of halogens is 1. The van der Waals surface area contributed by atoms with Crippen molar-refractivity contribution in [1.82, 2.24) is 0 Å². The summed E-state index contributed by atoms with van der Waals surface area (Å²) in [4.78, 5) is 10.1. The van der Waals surface area contributed by atoms with E-state index < -0.39 is 10.7 Å². The number of benzene rings is 2. The first-order chi connectivity index (χ1) is 8.97. The van der Waals surface area contributed by atoms with Gasteiger partial charge in [0.25, 0.3) is 5.69 Å². The number of hydrogen-bond donors (Lipinski definition) is 2. The second-order valence-electron chi connectivity index (χ2n) is 4.14. The molecule has 0 bridgehead atoms. The van der Waals surface area contributed by atoms with Gasteiger partial charge in [-0.3, -0.25) is 10.1 Å². The summed E-state index contributed by atoms with van der Waals surface area (Å²) in [6.45, 7) is 1.84. The molecule has 0 aliphatic heterocycles. The zero-order chi connectivity index (χ0) is 14.0. The third-order valence-electron chi connectivity index (χ3n) is 2.64. The average Bonchev–Trinajstić information content (AvgIpc) is 2.36. The Morgan fingerprint density at radius 2 is 1.95 bits per heavy atom. The van der Waals surface area contributed by atoms with Crippen molar-refractivity contribution in [2.75, 3.05) is 11.1 Å². The van der Waals surface area contributed by atoms with Gasteiger partial charge in [0.2, 0.25) is 0 Å². The van der Waals surface area contributed by atoms with Gasteiger partial charge in [-0.2, -0.15) is 0 Å². The number of nitro benzene ring substituents is 1. The fourth-order valence-corrected chi connectivity index (χ4v) is 1.66. The van der Waals surface area contributed by atoms with E-state index in [0.717, 1.165) is 5.56 Å². The van der Waals surface area contributed by atoms with Crippen LogP contribution < -0.4 is 11.1 Å². The predicted octanol–water partition coefficient (Wildman–Crippen LogP) is 3.37. The number of anilines is 3. The minimum atomic E-state index is -0.534. The molecule has 0 amide bonds. The van der Waals surface area contributed by atoms with Crippen molar-refractivity contribution in [2.24, 2.45) is 0 Å². The molecule has 0 aliphatic rings. The molecule has 3 N–H and O–H groups in total.